The van der Waals surface area contributed by atoms with E-state index in [-0.39, 0.29) is 6.10 Å². The lowest BCUT2D eigenvalue weighted by Crippen LogP contribution is -1.97. The lowest BCUT2D eigenvalue weighted by Gasteiger charge is -1.99. The molecule has 1 N–H and O–H groups in total. The van der Waals surface area contributed by atoms with Crippen molar-refractivity contribution < 1.29 is 5.11 Å². The molecule has 0 heterocycles. The Hall–Kier alpha value is -0.300. The monoisotopic (exact) mass is 128 g/mol. The van der Waals surface area contributed by atoms with E-state index in [1.165, 1.54) is 0 Å². The van der Waals surface area contributed by atoms with Gasteiger partial charge in [-0.2, -0.15) is 0 Å². The topological polar surface area (TPSA) is 20.2 Å². The number of aliphatic hydroxyl groups is 1. The van der Waals surface area contributed by atoms with E-state index in [4.69, 9.17) is 5.11 Å². The first-order chi connectivity index (χ1) is 4.27. The van der Waals surface area contributed by atoms with Crippen molar-refractivity contribution in [2.45, 2.75) is 39.2 Å². The van der Waals surface area contributed by atoms with E-state index < -0.39 is 0 Å². The fourth-order valence-electron chi connectivity index (χ4n) is 0.698. The number of hydrogen-bond donors (Lipinski definition) is 1. The number of unbranched alkanes of at least 4 members (excludes halogenated alkanes) is 1. The molecule has 1 heteroatoms. The summed E-state index contributed by atoms with van der Waals surface area (Å²) in [7, 11) is 0. The average molecular weight is 128 g/mol. The minimum atomic E-state index is -0.129. The maximum atomic E-state index is 8.83. The minimum absolute atomic E-state index is 0.129. The van der Waals surface area contributed by atoms with Crippen LogP contribution in [0, 0.1) is 0 Å². The molecule has 0 aliphatic carbocycles. The Bertz CT molecular complexity index is 74.6. The first kappa shape index (κ1) is 8.70. The van der Waals surface area contributed by atoms with Crippen LogP contribution in [-0.4, -0.2) is 11.2 Å². The summed E-state index contributed by atoms with van der Waals surface area (Å²) in [6.07, 6.45) is 7.16. The van der Waals surface area contributed by atoms with Gasteiger partial charge in [-0.3, -0.25) is 0 Å². The standard InChI is InChI=1S/C8H16O/c1-3-4-5-6-7-8(2)9/h3-4,8-9H,5-7H2,1-2H3. The Morgan fingerprint density at radius 2 is 2.22 bits per heavy atom. The molecule has 1 atom stereocenters. The Balaban J connectivity index is 2.91. The maximum absolute atomic E-state index is 8.83. The molecule has 0 aromatic heterocycles. The predicted octanol–water partition coefficient (Wildman–Crippen LogP) is 2.11. The summed E-state index contributed by atoms with van der Waals surface area (Å²) in [5.41, 5.74) is 0. The third-order valence-corrected chi connectivity index (χ3v) is 1.23. The normalized spacial score (nSPS) is 14.6. The molecule has 0 spiro atoms. The van der Waals surface area contributed by atoms with Crippen molar-refractivity contribution in [3.63, 3.8) is 0 Å². The van der Waals surface area contributed by atoms with Crippen molar-refractivity contribution in [3.8, 4) is 0 Å². The highest BCUT2D eigenvalue weighted by molar-refractivity contribution is 4.76. The largest absolute Gasteiger partial charge is 0.393 e. The molecule has 9 heavy (non-hydrogen) atoms. The van der Waals surface area contributed by atoms with Crippen LogP contribution in [-0.2, 0) is 0 Å². The fraction of sp³-hybridized carbons (Fsp3) is 0.750. The van der Waals surface area contributed by atoms with Gasteiger partial charge in [0.2, 0.25) is 0 Å². The summed E-state index contributed by atoms with van der Waals surface area (Å²) in [4.78, 5) is 0. The molecule has 0 radical (unpaired) electrons. The van der Waals surface area contributed by atoms with Crippen LogP contribution in [0.4, 0.5) is 0 Å². The molecule has 0 aromatic carbocycles. The van der Waals surface area contributed by atoms with Gasteiger partial charge in [-0.05, 0) is 33.1 Å². The first-order valence-electron chi connectivity index (χ1n) is 3.56. The van der Waals surface area contributed by atoms with Crippen LogP contribution in [0.2, 0.25) is 0 Å². The smallest absolute Gasteiger partial charge is 0.0512 e. The molecule has 0 bridgehead atoms. The molecule has 1 unspecified atom stereocenters. The van der Waals surface area contributed by atoms with E-state index >= 15 is 0 Å². The van der Waals surface area contributed by atoms with Gasteiger partial charge in [0, 0.05) is 0 Å². The van der Waals surface area contributed by atoms with E-state index in [0.29, 0.717) is 0 Å². The summed E-state index contributed by atoms with van der Waals surface area (Å²) in [6, 6.07) is 0. The SMILES string of the molecule is CC=CCCCC(C)O. The second-order valence-electron chi connectivity index (χ2n) is 2.35. The molecule has 0 saturated carbocycles. The van der Waals surface area contributed by atoms with Crippen molar-refractivity contribution in [3.05, 3.63) is 12.2 Å². The Kier molecular flexibility index (Phi) is 5.64. The van der Waals surface area contributed by atoms with Crippen molar-refractivity contribution in [1.82, 2.24) is 0 Å². The zero-order chi connectivity index (χ0) is 7.11. The van der Waals surface area contributed by atoms with Crippen molar-refractivity contribution in [2.75, 3.05) is 0 Å². The van der Waals surface area contributed by atoms with Gasteiger partial charge in [0.05, 0.1) is 6.10 Å². The minimum Gasteiger partial charge on any atom is -0.393 e. The number of rotatable bonds is 4. The van der Waals surface area contributed by atoms with Gasteiger partial charge in [0.15, 0.2) is 0 Å². The van der Waals surface area contributed by atoms with Crippen LogP contribution < -0.4 is 0 Å². The lowest BCUT2D eigenvalue weighted by molar-refractivity contribution is 0.182. The van der Waals surface area contributed by atoms with Crippen LogP contribution in [0.15, 0.2) is 12.2 Å². The highest BCUT2D eigenvalue weighted by Crippen LogP contribution is 1.99. The van der Waals surface area contributed by atoms with Gasteiger partial charge in [0.25, 0.3) is 0 Å². The average Bonchev–Trinajstić information content (AvgIpc) is 1.80. The van der Waals surface area contributed by atoms with Crippen molar-refractivity contribution >= 4 is 0 Å². The molecule has 0 aliphatic rings. The summed E-state index contributed by atoms with van der Waals surface area (Å²) < 4.78 is 0. The van der Waals surface area contributed by atoms with Gasteiger partial charge < -0.3 is 5.11 Å². The molecule has 0 fully saturated rings. The Morgan fingerprint density at radius 1 is 1.56 bits per heavy atom. The Morgan fingerprint density at radius 3 is 2.67 bits per heavy atom. The highest BCUT2D eigenvalue weighted by atomic mass is 16.3. The second-order valence-corrected chi connectivity index (χ2v) is 2.35. The maximum Gasteiger partial charge on any atom is 0.0512 e. The molecular formula is C8H16O. The number of allylic oxidation sites excluding steroid dienone is 2. The third kappa shape index (κ3) is 7.70. The molecule has 54 valence electrons. The lowest BCUT2D eigenvalue weighted by atomic mass is 10.2. The van der Waals surface area contributed by atoms with Gasteiger partial charge >= 0.3 is 0 Å². The van der Waals surface area contributed by atoms with Crippen LogP contribution in [0.5, 0.6) is 0 Å². The van der Waals surface area contributed by atoms with Gasteiger partial charge in [-0.1, -0.05) is 12.2 Å². The van der Waals surface area contributed by atoms with E-state index in [9.17, 15) is 0 Å². The molecule has 0 rings (SSSR count). The van der Waals surface area contributed by atoms with Crippen molar-refractivity contribution in [2.24, 2.45) is 0 Å². The van der Waals surface area contributed by atoms with Gasteiger partial charge in [0.1, 0.15) is 0 Å². The van der Waals surface area contributed by atoms with E-state index in [1.54, 1.807) is 0 Å². The van der Waals surface area contributed by atoms with Gasteiger partial charge in [-0.15, -0.1) is 0 Å². The highest BCUT2D eigenvalue weighted by Gasteiger charge is 1.91. The zero-order valence-electron chi connectivity index (χ0n) is 6.30. The van der Waals surface area contributed by atoms with Crippen LogP contribution >= 0.6 is 0 Å². The second kappa shape index (κ2) is 5.83. The summed E-state index contributed by atoms with van der Waals surface area (Å²) in [6.45, 7) is 3.85. The van der Waals surface area contributed by atoms with E-state index in [0.717, 1.165) is 19.3 Å². The van der Waals surface area contributed by atoms with Crippen LogP contribution in [0.25, 0.3) is 0 Å². The first-order valence-corrected chi connectivity index (χ1v) is 3.56. The molecule has 0 amide bonds. The van der Waals surface area contributed by atoms with Crippen LogP contribution in [0.3, 0.4) is 0 Å². The van der Waals surface area contributed by atoms with Crippen LogP contribution in [0.1, 0.15) is 33.1 Å². The molecular weight excluding hydrogens is 112 g/mol. The summed E-state index contributed by atoms with van der Waals surface area (Å²) in [5.74, 6) is 0. The Labute approximate surface area is 57.4 Å². The molecule has 0 aromatic rings. The summed E-state index contributed by atoms with van der Waals surface area (Å²) >= 11 is 0. The predicted molar refractivity (Wildman–Crippen MR) is 40.3 cm³/mol. The molecule has 0 aliphatic heterocycles. The number of hydrogen-bond acceptors (Lipinski definition) is 1. The summed E-state index contributed by atoms with van der Waals surface area (Å²) in [5, 5.41) is 8.83. The van der Waals surface area contributed by atoms with Crippen molar-refractivity contribution in [1.29, 1.82) is 0 Å². The molecule has 1 nitrogen and oxygen atoms in total. The van der Waals surface area contributed by atoms with E-state index in [2.05, 4.69) is 6.08 Å². The third-order valence-electron chi connectivity index (χ3n) is 1.23. The molecule has 0 saturated heterocycles. The zero-order valence-corrected chi connectivity index (χ0v) is 6.30. The fourth-order valence-corrected chi connectivity index (χ4v) is 0.698. The quantitative estimate of drug-likeness (QED) is 0.454. The van der Waals surface area contributed by atoms with E-state index in [1.807, 2.05) is 19.9 Å². The number of aliphatic hydroxyl groups excluding tert-OH is 1. The van der Waals surface area contributed by atoms with Gasteiger partial charge in [-0.25, -0.2) is 0 Å².